The number of nitrogens with zero attached hydrogens (tertiary/aromatic N) is 1. The van der Waals surface area contributed by atoms with Crippen LogP contribution in [-0.2, 0) is 9.53 Å². The maximum atomic E-state index is 11.8. The van der Waals surface area contributed by atoms with E-state index in [1.165, 1.54) is 0 Å². The van der Waals surface area contributed by atoms with E-state index >= 15 is 0 Å². The molecule has 3 atom stereocenters. The molecule has 1 heterocycles. The molecule has 1 fully saturated rings. The molecule has 4 nitrogen and oxygen atoms in total. The maximum absolute atomic E-state index is 11.8. The second-order valence-electron chi connectivity index (χ2n) is 4.52. The summed E-state index contributed by atoms with van der Waals surface area (Å²) in [6.45, 7) is 5.59. The molecule has 2 N–H and O–H groups in total. The summed E-state index contributed by atoms with van der Waals surface area (Å²) >= 11 is 0. The minimum Gasteiger partial charge on any atom is -0.382 e. The van der Waals surface area contributed by atoms with E-state index in [1.54, 1.807) is 7.11 Å². The number of carbonyl (C=O) groups excluding carboxylic acids is 1. The van der Waals surface area contributed by atoms with Crippen LogP contribution in [0, 0.1) is 5.92 Å². The third-order valence-corrected chi connectivity index (χ3v) is 3.19. The topological polar surface area (TPSA) is 55.6 Å². The molecule has 4 heteroatoms. The van der Waals surface area contributed by atoms with E-state index in [-0.39, 0.29) is 18.1 Å². The molecule has 0 aromatic heterocycles. The molecule has 0 radical (unpaired) electrons. The van der Waals surface area contributed by atoms with Crippen LogP contribution in [0.15, 0.2) is 0 Å². The molecule has 3 unspecified atom stereocenters. The van der Waals surface area contributed by atoms with Gasteiger partial charge >= 0.3 is 0 Å². The first-order valence-electron chi connectivity index (χ1n) is 5.60. The van der Waals surface area contributed by atoms with Crippen molar-refractivity contribution in [3.63, 3.8) is 0 Å². The van der Waals surface area contributed by atoms with Crippen molar-refractivity contribution in [3.05, 3.63) is 0 Å². The first-order chi connectivity index (χ1) is 7.04. The van der Waals surface area contributed by atoms with E-state index in [0.717, 1.165) is 13.0 Å². The van der Waals surface area contributed by atoms with Gasteiger partial charge in [0.15, 0.2) is 0 Å². The number of nitrogens with two attached hydrogens (primary N) is 1. The van der Waals surface area contributed by atoms with Gasteiger partial charge in [-0.15, -0.1) is 0 Å². The molecule has 1 amide bonds. The lowest BCUT2D eigenvalue weighted by atomic mass is 10.1. The zero-order chi connectivity index (χ0) is 11.4. The van der Waals surface area contributed by atoms with Crippen LogP contribution in [-0.4, -0.2) is 43.2 Å². The van der Waals surface area contributed by atoms with Gasteiger partial charge < -0.3 is 15.4 Å². The second-order valence-corrected chi connectivity index (χ2v) is 4.52. The van der Waals surface area contributed by atoms with Crippen molar-refractivity contribution in [1.82, 2.24) is 4.90 Å². The van der Waals surface area contributed by atoms with Gasteiger partial charge in [-0.25, -0.2) is 0 Å². The number of methoxy groups -OCH3 is 1. The first-order valence-corrected chi connectivity index (χ1v) is 5.60. The average molecular weight is 214 g/mol. The highest BCUT2D eigenvalue weighted by Gasteiger charge is 2.29. The number of rotatable bonds is 4. The number of hydrogen-bond acceptors (Lipinski definition) is 3. The van der Waals surface area contributed by atoms with E-state index < -0.39 is 0 Å². The smallest absolute Gasteiger partial charge is 0.222 e. The van der Waals surface area contributed by atoms with Crippen LogP contribution in [0.4, 0.5) is 0 Å². The highest BCUT2D eigenvalue weighted by molar-refractivity contribution is 5.76. The molecular formula is C11H22N2O2. The molecule has 0 aromatic rings. The third-order valence-electron chi connectivity index (χ3n) is 3.19. The van der Waals surface area contributed by atoms with Crippen molar-refractivity contribution in [2.45, 2.75) is 38.8 Å². The molecule has 0 spiro atoms. The summed E-state index contributed by atoms with van der Waals surface area (Å²) in [6, 6.07) is 0.147. The van der Waals surface area contributed by atoms with E-state index in [0.29, 0.717) is 18.9 Å². The van der Waals surface area contributed by atoms with Crippen molar-refractivity contribution in [2.24, 2.45) is 11.7 Å². The van der Waals surface area contributed by atoms with Crippen LogP contribution in [0.25, 0.3) is 0 Å². The van der Waals surface area contributed by atoms with E-state index in [9.17, 15) is 4.79 Å². The van der Waals surface area contributed by atoms with E-state index in [4.69, 9.17) is 10.5 Å². The van der Waals surface area contributed by atoms with Crippen molar-refractivity contribution in [2.75, 3.05) is 20.2 Å². The minimum atomic E-state index is 0.147. The lowest BCUT2D eigenvalue weighted by molar-refractivity contribution is -0.130. The van der Waals surface area contributed by atoms with Gasteiger partial charge in [-0.3, -0.25) is 4.79 Å². The van der Waals surface area contributed by atoms with Crippen LogP contribution >= 0.6 is 0 Å². The highest BCUT2D eigenvalue weighted by Crippen LogP contribution is 2.16. The Labute approximate surface area is 91.8 Å². The Kier molecular flexibility index (Phi) is 4.54. The van der Waals surface area contributed by atoms with Gasteiger partial charge in [-0.2, -0.15) is 0 Å². The van der Waals surface area contributed by atoms with Crippen LogP contribution in [0.2, 0.25) is 0 Å². The molecule has 0 aliphatic carbocycles. The van der Waals surface area contributed by atoms with Crippen LogP contribution in [0.3, 0.4) is 0 Å². The molecule has 1 saturated heterocycles. The molecule has 0 aromatic carbocycles. The Balaban J connectivity index is 2.29. The number of likely N-dealkylation sites (tertiary alicyclic amines) is 1. The summed E-state index contributed by atoms with van der Waals surface area (Å²) in [5, 5.41) is 0. The molecule has 1 aliphatic heterocycles. The maximum Gasteiger partial charge on any atom is 0.222 e. The van der Waals surface area contributed by atoms with Crippen LogP contribution < -0.4 is 5.73 Å². The number of hydrogen-bond donors (Lipinski definition) is 1. The Morgan fingerprint density at radius 2 is 2.27 bits per heavy atom. The Morgan fingerprint density at radius 3 is 2.73 bits per heavy atom. The predicted molar refractivity (Wildman–Crippen MR) is 59.4 cm³/mol. The summed E-state index contributed by atoms with van der Waals surface area (Å²) < 4.78 is 5.11. The predicted octanol–water partition coefficient (Wildman–Crippen LogP) is 0.607. The summed E-state index contributed by atoms with van der Waals surface area (Å²) in [7, 11) is 1.67. The highest BCUT2D eigenvalue weighted by atomic mass is 16.5. The monoisotopic (exact) mass is 214 g/mol. The third kappa shape index (κ3) is 3.47. The lowest BCUT2D eigenvalue weighted by Crippen LogP contribution is -2.32. The summed E-state index contributed by atoms with van der Waals surface area (Å²) in [4.78, 5) is 13.6. The molecule has 1 rings (SSSR count). The lowest BCUT2D eigenvalue weighted by Gasteiger charge is -2.17. The van der Waals surface area contributed by atoms with Gasteiger partial charge in [-0.1, -0.05) is 6.92 Å². The van der Waals surface area contributed by atoms with Gasteiger partial charge in [0, 0.05) is 32.7 Å². The summed E-state index contributed by atoms with van der Waals surface area (Å²) in [6.07, 6.45) is 1.51. The van der Waals surface area contributed by atoms with Crippen molar-refractivity contribution in [1.29, 1.82) is 0 Å². The average Bonchev–Trinajstić information content (AvgIpc) is 2.55. The van der Waals surface area contributed by atoms with Gasteiger partial charge in [0.05, 0.1) is 6.10 Å². The molecule has 0 bridgehead atoms. The molecule has 0 saturated carbocycles. The van der Waals surface area contributed by atoms with Crippen LogP contribution in [0.1, 0.15) is 26.7 Å². The normalized spacial score (nSPS) is 28.1. The Morgan fingerprint density at radius 1 is 1.60 bits per heavy atom. The SMILES string of the molecule is COC(C)CCC(=O)N1CC(C)C(N)C1. The quantitative estimate of drug-likeness (QED) is 0.746. The fourth-order valence-electron chi connectivity index (χ4n) is 1.80. The Hall–Kier alpha value is -0.610. The van der Waals surface area contributed by atoms with Gasteiger partial charge in [0.25, 0.3) is 0 Å². The summed E-state index contributed by atoms with van der Waals surface area (Å²) in [5.41, 5.74) is 5.87. The van der Waals surface area contributed by atoms with Crippen LogP contribution in [0.5, 0.6) is 0 Å². The minimum absolute atomic E-state index is 0.147. The zero-order valence-corrected chi connectivity index (χ0v) is 9.90. The van der Waals surface area contributed by atoms with Gasteiger partial charge in [0.2, 0.25) is 5.91 Å². The zero-order valence-electron chi connectivity index (χ0n) is 9.90. The summed E-state index contributed by atoms with van der Waals surface area (Å²) in [5.74, 6) is 0.632. The Bertz CT molecular complexity index is 211. The van der Waals surface area contributed by atoms with E-state index in [1.807, 2.05) is 11.8 Å². The number of amides is 1. The largest absolute Gasteiger partial charge is 0.382 e. The van der Waals surface area contributed by atoms with Crippen molar-refractivity contribution >= 4 is 5.91 Å². The fraction of sp³-hybridized carbons (Fsp3) is 0.909. The molecule has 88 valence electrons. The van der Waals surface area contributed by atoms with Crippen molar-refractivity contribution in [3.8, 4) is 0 Å². The molecule has 1 aliphatic rings. The van der Waals surface area contributed by atoms with E-state index in [2.05, 4.69) is 6.92 Å². The molecular weight excluding hydrogens is 192 g/mol. The van der Waals surface area contributed by atoms with Crippen molar-refractivity contribution < 1.29 is 9.53 Å². The first kappa shape index (κ1) is 12.5. The standard InChI is InChI=1S/C11H22N2O2/c1-8-6-13(7-10(8)12)11(14)5-4-9(2)15-3/h8-10H,4-7,12H2,1-3H3. The second kappa shape index (κ2) is 5.47. The number of carbonyl (C=O) groups is 1. The fourth-order valence-corrected chi connectivity index (χ4v) is 1.80. The number of ether oxygens (including phenoxy) is 1. The molecule has 15 heavy (non-hydrogen) atoms. The van der Waals surface area contributed by atoms with Gasteiger partial charge in [-0.05, 0) is 19.3 Å². The van der Waals surface area contributed by atoms with Gasteiger partial charge in [0.1, 0.15) is 0 Å².